The highest BCUT2D eigenvalue weighted by Gasteiger charge is 2.45. The summed E-state index contributed by atoms with van der Waals surface area (Å²) in [5, 5.41) is 0. The van der Waals surface area contributed by atoms with Gasteiger partial charge in [0.2, 0.25) is 0 Å². The molecule has 0 unspecified atom stereocenters. The highest BCUT2D eigenvalue weighted by Crippen LogP contribution is 2.55. The third-order valence-corrected chi connectivity index (χ3v) is 11.8. The second-order valence-corrected chi connectivity index (χ2v) is 22.8. The zero-order chi connectivity index (χ0) is 33.8. The van der Waals surface area contributed by atoms with E-state index in [0.717, 1.165) is 25.3 Å². The van der Waals surface area contributed by atoms with E-state index >= 15 is 0 Å². The number of hydrogen-bond acceptors (Lipinski definition) is 0. The van der Waals surface area contributed by atoms with Gasteiger partial charge in [0.1, 0.15) is 0 Å². The van der Waals surface area contributed by atoms with Crippen LogP contribution in [0.5, 0.6) is 0 Å². The van der Waals surface area contributed by atoms with Gasteiger partial charge in [-0.3, -0.25) is 0 Å². The first-order chi connectivity index (χ1) is 22.1. The van der Waals surface area contributed by atoms with E-state index in [1.807, 2.05) is 0 Å². The van der Waals surface area contributed by atoms with E-state index in [4.69, 9.17) is 0 Å². The molecule has 1 heteroatoms. The van der Waals surface area contributed by atoms with Gasteiger partial charge >= 0.3 is 0 Å². The van der Waals surface area contributed by atoms with Crippen LogP contribution >= 0.6 is 0 Å². The monoisotopic (exact) mass is 634 g/mol. The molecule has 0 amide bonds. The molecule has 2 aliphatic rings. The largest absolute Gasteiger partial charge is 0.0998 e. The molecule has 242 valence electrons. The van der Waals surface area contributed by atoms with Crippen molar-refractivity contribution in [3.05, 3.63) is 165 Å². The van der Waals surface area contributed by atoms with E-state index in [-0.39, 0.29) is 10.8 Å². The first-order valence-electron chi connectivity index (χ1n) is 17.6. The first kappa shape index (κ1) is 33.2. The van der Waals surface area contributed by atoms with E-state index in [1.54, 1.807) is 0 Å². The van der Waals surface area contributed by atoms with Crippen LogP contribution in [-0.2, 0) is 22.7 Å². The van der Waals surface area contributed by atoms with Gasteiger partial charge in [0.25, 0.3) is 0 Å². The second-order valence-electron chi connectivity index (χ2n) is 17.4. The molecule has 4 aromatic carbocycles. The van der Waals surface area contributed by atoms with E-state index in [1.165, 1.54) is 66.8 Å². The summed E-state index contributed by atoms with van der Waals surface area (Å²) in [5.41, 5.74) is 16.6. The zero-order valence-electron chi connectivity index (χ0n) is 30.4. The third-order valence-electron chi connectivity index (χ3n) is 10.3. The van der Waals surface area contributed by atoms with E-state index < -0.39 is 13.5 Å². The minimum Gasteiger partial charge on any atom is -0.0998 e. The van der Waals surface area contributed by atoms with Crippen LogP contribution in [0.3, 0.4) is 0 Å². The van der Waals surface area contributed by atoms with Crippen molar-refractivity contribution < 1.29 is 0 Å². The number of allylic oxidation sites excluding steroid dienone is 5. The van der Waals surface area contributed by atoms with Crippen LogP contribution in [0.2, 0.25) is 25.7 Å². The van der Waals surface area contributed by atoms with Crippen LogP contribution in [0, 0.1) is 0 Å². The molecule has 0 aromatic heterocycles. The summed E-state index contributed by atoms with van der Waals surface area (Å²) in [4.78, 5) is 0. The normalized spacial score (nSPS) is 14.8. The number of rotatable bonds is 8. The van der Waals surface area contributed by atoms with Crippen molar-refractivity contribution in [2.24, 2.45) is 0 Å². The molecule has 2 aliphatic carbocycles. The van der Waals surface area contributed by atoms with Gasteiger partial charge in [-0.05, 0) is 97.4 Å². The van der Waals surface area contributed by atoms with Gasteiger partial charge < -0.3 is 0 Å². The molecule has 0 bridgehead atoms. The van der Waals surface area contributed by atoms with Crippen LogP contribution in [0.25, 0.3) is 11.1 Å². The van der Waals surface area contributed by atoms with Gasteiger partial charge in [0.05, 0.1) is 5.41 Å². The third kappa shape index (κ3) is 6.32. The molecular weight excluding hydrogens is 581 g/mol. The molecule has 47 heavy (non-hydrogen) atoms. The summed E-state index contributed by atoms with van der Waals surface area (Å²) < 4.78 is 0. The van der Waals surface area contributed by atoms with Crippen molar-refractivity contribution in [2.75, 3.05) is 0 Å². The predicted molar refractivity (Wildman–Crippen MR) is 208 cm³/mol. The molecule has 0 fully saturated rings. The zero-order valence-corrected chi connectivity index (χ0v) is 31.4. The molecule has 0 saturated heterocycles. The molecule has 0 atom stereocenters. The summed E-state index contributed by atoms with van der Waals surface area (Å²) in [7, 11) is -1.30. The van der Waals surface area contributed by atoms with Gasteiger partial charge in [0, 0.05) is 8.07 Å². The average Bonchev–Trinajstić information content (AvgIpc) is 3.61. The highest BCUT2D eigenvalue weighted by atomic mass is 28.3. The Labute approximate surface area is 286 Å². The van der Waals surface area contributed by atoms with Crippen molar-refractivity contribution in [1.82, 2.24) is 0 Å². The summed E-state index contributed by atoms with van der Waals surface area (Å²) in [6.45, 7) is 26.1. The van der Waals surface area contributed by atoms with Crippen molar-refractivity contribution in [3.8, 4) is 11.1 Å². The molecular formula is C46H54Si. The molecule has 0 aliphatic heterocycles. The Bertz CT molecular complexity index is 1820. The van der Waals surface area contributed by atoms with Crippen LogP contribution in [0.15, 0.2) is 126 Å². The quantitative estimate of drug-likeness (QED) is 0.0905. The van der Waals surface area contributed by atoms with E-state index in [9.17, 15) is 0 Å². The summed E-state index contributed by atoms with van der Waals surface area (Å²) in [6, 6.07) is 36.3. The Kier molecular flexibility index (Phi) is 8.54. The SMILES string of the molecule is C=C(CC1=C(C(c2ccccc2)(c2ccccc2)c2cc(C(C)(C)C)cc3c2Cc2ccc(C(C)(C)C)cc2-3)CC=C1)C[Si](C)(C)C. The van der Waals surface area contributed by atoms with Crippen LogP contribution in [-0.4, -0.2) is 8.07 Å². The summed E-state index contributed by atoms with van der Waals surface area (Å²) in [6.07, 6.45) is 7.66. The molecule has 0 N–H and O–H groups in total. The van der Waals surface area contributed by atoms with Gasteiger partial charge in [-0.2, -0.15) is 0 Å². The van der Waals surface area contributed by atoms with E-state index in [0.29, 0.717) is 0 Å². The first-order valence-corrected chi connectivity index (χ1v) is 21.3. The van der Waals surface area contributed by atoms with Gasteiger partial charge in [0.15, 0.2) is 0 Å². The van der Waals surface area contributed by atoms with Gasteiger partial charge in [-0.1, -0.05) is 176 Å². The van der Waals surface area contributed by atoms with Crippen LogP contribution < -0.4 is 0 Å². The average molecular weight is 635 g/mol. The second kappa shape index (κ2) is 12.1. The summed E-state index contributed by atoms with van der Waals surface area (Å²) >= 11 is 0. The Balaban J connectivity index is 1.72. The topological polar surface area (TPSA) is 0 Å². The highest BCUT2D eigenvalue weighted by molar-refractivity contribution is 6.76. The van der Waals surface area contributed by atoms with Crippen molar-refractivity contribution in [3.63, 3.8) is 0 Å². The molecule has 0 radical (unpaired) electrons. The fraction of sp³-hybridized carbons (Fsp3) is 0.348. The lowest BCUT2D eigenvalue weighted by Gasteiger charge is -2.41. The van der Waals surface area contributed by atoms with Gasteiger partial charge in [-0.15, -0.1) is 0 Å². The Morgan fingerprint density at radius 1 is 0.681 bits per heavy atom. The van der Waals surface area contributed by atoms with Crippen molar-refractivity contribution in [2.45, 2.75) is 103 Å². The standard InChI is InChI=1S/C46H54Si/c1-32(31-47(8,9)10)26-34-18-17-23-42(34)46(35-19-13-11-14-20-35,36-21-15-12-16-22-36)43-30-38(45(5,6)7)29-40-39-28-37(44(2,3)4)25-24-33(39)27-41(40)43/h11-22,24-25,28-30H,1,23,26-27,31H2,2-10H3. The van der Waals surface area contributed by atoms with Crippen molar-refractivity contribution >= 4 is 8.07 Å². The molecule has 0 saturated carbocycles. The maximum atomic E-state index is 4.66. The minimum atomic E-state index is -1.30. The lowest BCUT2D eigenvalue weighted by molar-refractivity contribution is 0.586. The maximum absolute atomic E-state index is 4.66. The smallest absolute Gasteiger partial charge is 0.0673 e. The van der Waals surface area contributed by atoms with Gasteiger partial charge in [-0.25, -0.2) is 0 Å². The van der Waals surface area contributed by atoms with Crippen LogP contribution in [0.1, 0.15) is 93.3 Å². The molecule has 0 heterocycles. The molecule has 4 aromatic rings. The Morgan fingerprint density at radius 3 is 1.81 bits per heavy atom. The predicted octanol–water partition coefficient (Wildman–Crippen LogP) is 12.7. The fourth-order valence-corrected chi connectivity index (χ4v) is 9.69. The Hall–Kier alpha value is -3.68. The van der Waals surface area contributed by atoms with E-state index in [2.05, 4.69) is 171 Å². The van der Waals surface area contributed by atoms with Crippen molar-refractivity contribution in [1.29, 1.82) is 0 Å². The number of fused-ring (bicyclic) bond motifs is 3. The maximum Gasteiger partial charge on any atom is 0.0673 e. The molecule has 0 nitrogen and oxygen atoms in total. The minimum absolute atomic E-state index is 0.00987. The molecule has 6 rings (SSSR count). The molecule has 0 spiro atoms. The fourth-order valence-electron chi connectivity index (χ4n) is 8.07. The number of benzene rings is 4. The van der Waals surface area contributed by atoms with Crippen LogP contribution in [0.4, 0.5) is 0 Å². The Morgan fingerprint density at radius 2 is 1.26 bits per heavy atom. The number of hydrogen-bond donors (Lipinski definition) is 0. The lowest BCUT2D eigenvalue weighted by atomic mass is 9.61. The summed E-state index contributed by atoms with van der Waals surface area (Å²) in [5.74, 6) is 0. The lowest BCUT2D eigenvalue weighted by Crippen LogP contribution is -2.34.